The van der Waals surface area contributed by atoms with Crippen LogP contribution in [0.3, 0.4) is 0 Å². The first-order valence-corrected chi connectivity index (χ1v) is 9.33. The number of halogens is 4. The quantitative estimate of drug-likeness (QED) is 0.679. The Labute approximate surface area is 149 Å². The number of aromatic nitrogens is 1. The average molecular weight is 475 g/mol. The van der Waals surface area contributed by atoms with Gasteiger partial charge in [0.05, 0.1) is 10.0 Å². The number of hydrogen-bond donors (Lipinski definition) is 1. The number of aryl methyl sites for hydroxylation is 1. The summed E-state index contributed by atoms with van der Waals surface area (Å²) in [6, 6.07) is 4.52. The lowest BCUT2D eigenvalue weighted by Gasteiger charge is -2.11. The van der Waals surface area contributed by atoms with Crippen LogP contribution >= 0.6 is 55.1 Å². The average Bonchev–Trinajstić information content (AvgIpc) is 2.31. The molecule has 1 aromatic heterocycles. The van der Waals surface area contributed by atoms with Crippen LogP contribution in [0.15, 0.2) is 38.2 Å². The molecule has 9 heteroatoms. The van der Waals surface area contributed by atoms with E-state index in [1.165, 1.54) is 18.3 Å². The van der Waals surface area contributed by atoms with E-state index >= 15 is 0 Å². The Morgan fingerprint density at radius 2 is 1.71 bits per heavy atom. The number of sulfonamides is 1. The van der Waals surface area contributed by atoms with E-state index in [0.717, 1.165) is 10.0 Å². The van der Waals surface area contributed by atoms with Gasteiger partial charge in [-0.15, -0.1) is 0 Å². The Morgan fingerprint density at radius 3 is 2.24 bits per heavy atom. The Bertz CT molecular complexity index is 790. The summed E-state index contributed by atoms with van der Waals surface area (Å²) < 4.78 is 28.5. The van der Waals surface area contributed by atoms with Crippen LogP contribution in [0.4, 0.5) is 5.82 Å². The molecule has 0 aliphatic carbocycles. The summed E-state index contributed by atoms with van der Waals surface area (Å²) in [6.07, 6.45) is 1.51. The number of pyridine rings is 1. The minimum atomic E-state index is -3.93. The van der Waals surface area contributed by atoms with E-state index in [-0.39, 0.29) is 20.8 Å². The molecule has 112 valence electrons. The van der Waals surface area contributed by atoms with Crippen molar-refractivity contribution in [3.63, 3.8) is 0 Å². The fourth-order valence-corrected chi connectivity index (χ4v) is 4.72. The summed E-state index contributed by atoms with van der Waals surface area (Å²) in [5.41, 5.74) is 0.843. The maximum atomic E-state index is 12.4. The highest BCUT2D eigenvalue weighted by Gasteiger charge is 2.23. The van der Waals surface area contributed by atoms with Gasteiger partial charge in [-0.1, -0.05) is 39.1 Å². The van der Waals surface area contributed by atoms with E-state index in [1.807, 2.05) is 6.92 Å². The highest BCUT2D eigenvalue weighted by molar-refractivity contribution is 9.10. The number of rotatable bonds is 3. The number of anilines is 1. The van der Waals surface area contributed by atoms with E-state index in [2.05, 4.69) is 41.6 Å². The van der Waals surface area contributed by atoms with Crippen LogP contribution in [0, 0.1) is 6.92 Å². The van der Waals surface area contributed by atoms with Gasteiger partial charge in [0.25, 0.3) is 10.0 Å². The molecular formula is C12H8Br2Cl2N2O2S. The van der Waals surface area contributed by atoms with Crippen LogP contribution < -0.4 is 4.72 Å². The topological polar surface area (TPSA) is 59.1 Å². The molecule has 0 bridgehead atoms. The second kappa shape index (κ2) is 6.42. The van der Waals surface area contributed by atoms with Gasteiger partial charge in [-0.2, -0.15) is 0 Å². The van der Waals surface area contributed by atoms with Gasteiger partial charge < -0.3 is 0 Å². The van der Waals surface area contributed by atoms with Gasteiger partial charge >= 0.3 is 0 Å². The van der Waals surface area contributed by atoms with Crippen molar-refractivity contribution in [1.82, 2.24) is 4.98 Å². The van der Waals surface area contributed by atoms with Crippen molar-refractivity contribution in [1.29, 1.82) is 0 Å². The molecule has 0 fully saturated rings. The standard InChI is InChI=1S/C12H8Br2Cl2N2O2S/c1-6-2-11(17-5-8(6)14)18-21(19,20)12-9(15)3-7(13)4-10(12)16/h2-5H,1H3,(H,17,18). The zero-order valence-electron chi connectivity index (χ0n) is 10.5. The lowest BCUT2D eigenvalue weighted by atomic mass is 10.3. The summed E-state index contributed by atoms with van der Waals surface area (Å²) in [5.74, 6) is 0.186. The number of nitrogens with one attached hydrogen (secondary N) is 1. The molecule has 1 heterocycles. The third-order valence-corrected chi connectivity index (χ3v) is 6.08. The molecule has 0 spiro atoms. The summed E-state index contributed by atoms with van der Waals surface area (Å²) >= 11 is 18.5. The number of benzene rings is 1. The van der Waals surface area contributed by atoms with Crippen molar-refractivity contribution in [2.45, 2.75) is 11.8 Å². The van der Waals surface area contributed by atoms with Crippen molar-refractivity contribution in [2.24, 2.45) is 0 Å². The zero-order chi connectivity index (χ0) is 15.8. The fourth-order valence-electron chi connectivity index (χ4n) is 1.57. The molecule has 1 N–H and O–H groups in total. The predicted octanol–water partition coefficient (Wildman–Crippen LogP) is 5.02. The van der Waals surface area contributed by atoms with E-state index in [9.17, 15) is 8.42 Å². The molecule has 0 aliphatic heterocycles. The Balaban J connectivity index is 2.46. The van der Waals surface area contributed by atoms with Crippen LogP contribution in [-0.2, 0) is 10.0 Å². The number of hydrogen-bond acceptors (Lipinski definition) is 3. The fraction of sp³-hybridized carbons (Fsp3) is 0.0833. The SMILES string of the molecule is Cc1cc(NS(=O)(=O)c2c(Cl)cc(Br)cc2Cl)ncc1Br. The molecule has 0 saturated heterocycles. The van der Waals surface area contributed by atoms with Gasteiger partial charge in [-0.25, -0.2) is 13.4 Å². The lowest BCUT2D eigenvalue weighted by molar-refractivity contribution is 0.601. The van der Waals surface area contributed by atoms with Gasteiger partial charge in [-0.05, 0) is 46.6 Å². The monoisotopic (exact) mass is 472 g/mol. The predicted molar refractivity (Wildman–Crippen MR) is 91.6 cm³/mol. The summed E-state index contributed by atoms with van der Waals surface area (Å²) in [7, 11) is -3.93. The minimum Gasteiger partial charge on any atom is -0.263 e. The van der Waals surface area contributed by atoms with Crippen LogP contribution in [0.25, 0.3) is 0 Å². The van der Waals surface area contributed by atoms with Gasteiger partial charge in [0.15, 0.2) is 0 Å². The van der Waals surface area contributed by atoms with E-state index in [1.54, 1.807) is 6.07 Å². The molecule has 2 rings (SSSR count). The van der Waals surface area contributed by atoms with Crippen molar-refractivity contribution < 1.29 is 8.42 Å². The molecule has 1 aromatic carbocycles. The number of nitrogens with zero attached hydrogens (tertiary/aromatic N) is 1. The molecule has 2 aromatic rings. The van der Waals surface area contributed by atoms with Gasteiger partial charge in [0, 0.05) is 15.1 Å². The van der Waals surface area contributed by atoms with Crippen LogP contribution in [0.5, 0.6) is 0 Å². The van der Waals surface area contributed by atoms with Crippen molar-refractivity contribution in [3.8, 4) is 0 Å². The van der Waals surface area contributed by atoms with Gasteiger partial charge in [0.2, 0.25) is 0 Å². The van der Waals surface area contributed by atoms with Gasteiger partial charge in [-0.3, -0.25) is 4.72 Å². The molecule has 21 heavy (non-hydrogen) atoms. The Kier molecular flexibility index (Phi) is 5.20. The van der Waals surface area contributed by atoms with E-state index in [4.69, 9.17) is 23.2 Å². The zero-order valence-corrected chi connectivity index (χ0v) is 16.0. The molecule has 0 aliphatic rings. The molecule has 0 atom stereocenters. The summed E-state index contributed by atoms with van der Waals surface area (Å²) in [4.78, 5) is 3.81. The molecule has 0 unspecified atom stereocenters. The molecular weight excluding hydrogens is 467 g/mol. The normalized spacial score (nSPS) is 11.5. The van der Waals surface area contributed by atoms with Crippen molar-refractivity contribution in [2.75, 3.05) is 4.72 Å². The van der Waals surface area contributed by atoms with Crippen molar-refractivity contribution in [3.05, 3.63) is 49.0 Å². The lowest BCUT2D eigenvalue weighted by Crippen LogP contribution is -2.15. The summed E-state index contributed by atoms with van der Waals surface area (Å²) in [5, 5.41) is 0.0476. The first kappa shape index (κ1) is 17.0. The third-order valence-electron chi connectivity index (χ3n) is 2.52. The smallest absolute Gasteiger partial charge is 0.263 e. The van der Waals surface area contributed by atoms with Crippen LogP contribution in [0.2, 0.25) is 10.0 Å². The Hall–Kier alpha value is -0.340. The van der Waals surface area contributed by atoms with Gasteiger partial charge in [0.1, 0.15) is 10.7 Å². The van der Waals surface area contributed by atoms with E-state index < -0.39 is 10.0 Å². The molecule has 0 radical (unpaired) electrons. The van der Waals surface area contributed by atoms with Crippen molar-refractivity contribution >= 4 is 70.9 Å². The maximum Gasteiger partial charge on any atom is 0.266 e. The minimum absolute atomic E-state index is 0.0238. The molecule has 4 nitrogen and oxygen atoms in total. The first-order chi connectivity index (χ1) is 9.70. The van der Waals surface area contributed by atoms with E-state index in [0.29, 0.717) is 4.47 Å². The Morgan fingerprint density at radius 1 is 1.14 bits per heavy atom. The summed E-state index contributed by atoms with van der Waals surface area (Å²) in [6.45, 7) is 1.82. The van der Waals surface area contributed by atoms with Crippen LogP contribution in [0.1, 0.15) is 5.56 Å². The van der Waals surface area contributed by atoms with Crippen LogP contribution in [-0.4, -0.2) is 13.4 Å². The largest absolute Gasteiger partial charge is 0.266 e. The second-order valence-electron chi connectivity index (χ2n) is 4.12. The molecule has 0 saturated carbocycles. The third kappa shape index (κ3) is 3.90. The second-order valence-corrected chi connectivity index (χ2v) is 8.33. The first-order valence-electron chi connectivity index (χ1n) is 5.50. The maximum absolute atomic E-state index is 12.4. The highest BCUT2D eigenvalue weighted by atomic mass is 79.9. The molecule has 0 amide bonds. The highest BCUT2D eigenvalue weighted by Crippen LogP contribution is 2.33.